The lowest BCUT2D eigenvalue weighted by Gasteiger charge is -2.53. The van der Waals surface area contributed by atoms with E-state index in [0.29, 0.717) is 13.0 Å². The monoisotopic (exact) mass is 548 g/mol. The van der Waals surface area contributed by atoms with Crippen LogP contribution in [0, 0.1) is 16.7 Å². The van der Waals surface area contributed by atoms with Crippen LogP contribution >= 0.6 is 31.9 Å². The molecule has 1 unspecified atom stereocenters. The van der Waals surface area contributed by atoms with Crippen LogP contribution < -0.4 is 5.32 Å². The average Bonchev–Trinajstić information content (AvgIpc) is 2.83. The van der Waals surface area contributed by atoms with Crippen molar-refractivity contribution >= 4 is 37.8 Å². The molecule has 3 aliphatic rings. The second-order valence-corrected chi connectivity index (χ2v) is 10.9. The van der Waals surface area contributed by atoms with E-state index in [2.05, 4.69) is 79.6 Å². The third kappa shape index (κ3) is 3.24. The molecular formula is C27H22Br2N2O. The van der Waals surface area contributed by atoms with Crippen LogP contribution in [0.4, 0.5) is 0 Å². The molecule has 1 N–H and O–H groups in total. The normalized spacial score (nSPS) is 24.8. The Labute approximate surface area is 205 Å². The maximum absolute atomic E-state index is 13.6. The second-order valence-electron chi connectivity index (χ2n) is 8.65. The molecule has 0 spiro atoms. The molecule has 5 heteroatoms. The van der Waals surface area contributed by atoms with Crippen LogP contribution in [0.2, 0.25) is 0 Å². The molecule has 160 valence electrons. The fraction of sp³-hybridized carbons (Fsp3) is 0.259. The third-order valence-electron chi connectivity index (χ3n) is 6.86. The highest BCUT2D eigenvalue weighted by Crippen LogP contribution is 2.65. The molecule has 3 aromatic carbocycles. The number of hydrogen-bond acceptors (Lipinski definition) is 2. The summed E-state index contributed by atoms with van der Waals surface area (Å²) in [5.41, 5.74) is 4.55. The van der Waals surface area contributed by atoms with Gasteiger partial charge in [0.25, 0.3) is 0 Å². The Kier molecular flexibility index (Phi) is 5.47. The van der Waals surface area contributed by atoms with Crippen LogP contribution in [0.5, 0.6) is 0 Å². The van der Waals surface area contributed by atoms with E-state index in [1.54, 1.807) is 0 Å². The van der Waals surface area contributed by atoms with Crippen LogP contribution in [0.3, 0.4) is 0 Å². The number of alkyl halides is 1. The van der Waals surface area contributed by atoms with E-state index < -0.39 is 9.74 Å². The van der Waals surface area contributed by atoms with Crippen molar-refractivity contribution in [3.8, 4) is 6.07 Å². The molecule has 6 rings (SSSR count). The van der Waals surface area contributed by atoms with E-state index in [9.17, 15) is 10.1 Å². The predicted octanol–water partition coefficient (Wildman–Crippen LogP) is 6.20. The molecule has 2 bridgehead atoms. The molecular weight excluding hydrogens is 528 g/mol. The van der Waals surface area contributed by atoms with Crippen LogP contribution in [0.15, 0.2) is 77.3 Å². The molecule has 0 saturated carbocycles. The van der Waals surface area contributed by atoms with E-state index in [1.165, 1.54) is 5.56 Å². The Morgan fingerprint density at radius 2 is 1.59 bits per heavy atom. The molecule has 1 atom stereocenters. The number of nitriles is 1. The second kappa shape index (κ2) is 8.17. The molecule has 3 aliphatic carbocycles. The molecule has 32 heavy (non-hydrogen) atoms. The summed E-state index contributed by atoms with van der Waals surface area (Å²) in [7, 11) is 0. The van der Waals surface area contributed by atoms with E-state index in [0.717, 1.165) is 39.6 Å². The number of carbonyl (C=O) groups is 1. The van der Waals surface area contributed by atoms with Gasteiger partial charge in [0.2, 0.25) is 5.91 Å². The molecule has 3 nitrogen and oxygen atoms in total. The van der Waals surface area contributed by atoms with Crippen molar-refractivity contribution < 1.29 is 4.79 Å². The van der Waals surface area contributed by atoms with Crippen molar-refractivity contribution in [2.24, 2.45) is 5.41 Å². The molecule has 0 aliphatic heterocycles. The Morgan fingerprint density at radius 1 is 1.00 bits per heavy atom. The number of amides is 1. The fourth-order valence-electron chi connectivity index (χ4n) is 5.41. The van der Waals surface area contributed by atoms with E-state index >= 15 is 0 Å². The number of aryl methyl sites for hydroxylation is 1. The number of halogens is 2. The summed E-state index contributed by atoms with van der Waals surface area (Å²) >= 11 is 7.45. The Bertz CT molecular complexity index is 1180. The summed E-state index contributed by atoms with van der Waals surface area (Å²) in [6.07, 6.45) is 2.13. The number of nitrogens with one attached hydrogen (secondary N) is 1. The van der Waals surface area contributed by atoms with E-state index in [1.807, 2.05) is 36.4 Å². The minimum Gasteiger partial charge on any atom is -0.355 e. The van der Waals surface area contributed by atoms with Crippen molar-refractivity contribution in [3.05, 3.63) is 105 Å². The van der Waals surface area contributed by atoms with Crippen LogP contribution in [0.1, 0.15) is 46.6 Å². The summed E-state index contributed by atoms with van der Waals surface area (Å²) in [5, 5.41) is 13.5. The summed E-state index contributed by atoms with van der Waals surface area (Å²) in [6, 6.07) is 27.1. The van der Waals surface area contributed by atoms with Gasteiger partial charge in [-0.05, 0) is 59.2 Å². The summed E-state index contributed by atoms with van der Waals surface area (Å²) in [4.78, 5) is 13.6. The van der Waals surface area contributed by atoms with Gasteiger partial charge in [0.1, 0.15) is 5.41 Å². The van der Waals surface area contributed by atoms with Gasteiger partial charge in [-0.3, -0.25) is 4.79 Å². The number of hydrogen-bond donors (Lipinski definition) is 1. The first-order valence-corrected chi connectivity index (χ1v) is 12.4. The fourth-order valence-corrected chi connectivity index (χ4v) is 6.84. The number of carbonyl (C=O) groups excluding carboxylic acids is 1. The molecule has 0 heterocycles. The zero-order chi connectivity index (χ0) is 22.3. The average molecular weight is 550 g/mol. The van der Waals surface area contributed by atoms with Gasteiger partial charge in [-0.2, -0.15) is 5.26 Å². The van der Waals surface area contributed by atoms with Crippen molar-refractivity contribution in [1.29, 1.82) is 5.26 Å². The lowest BCUT2D eigenvalue weighted by atomic mass is 9.52. The zero-order valence-corrected chi connectivity index (χ0v) is 20.6. The summed E-state index contributed by atoms with van der Waals surface area (Å²) in [6.45, 7) is 0.545. The first kappa shape index (κ1) is 21.4. The first-order chi connectivity index (χ1) is 15.5. The highest BCUT2D eigenvalue weighted by Gasteiger charge is 2.62. The molecule has 0 aromatic heterocycles. The number of fused-ring (bicyclic) bond motifs is 1. The van der Waals surface area contributed by atoms with E-state index in [-0.39, 0.29) is 11.8 Å². The maximum Gasteiger partial charge on any atom is 0.241 e. The van der Waals surface area contributed by atoms with Crippen molar-refractivity contribution in [3.63, 3.8) is 0 Å². The number of nitrogens with zero attached hydrogens (tertiary/aromatic N) is 1. The van der Waals surface area contributed by atoms with Gasteiger partial charge in [-0.25, -0.2) is 0 Å². The quantitative estimate of drug-likeness (QED) is 0.304. The van der Waals surface area contributed by atoms with Gasteiger partial charge in [-0.1, -0.05) is 92.5 Å². The molecule has 0 radical (unpaired) electrons. The largest absolute Gasteiger partial charge is 0.355 e. The Balaban J connectivity index is 1.43. The molecule has 0 saturated heterocycles. The van der Waals surface area contributed by atoms with Gasteiger partial charge >= 0.3 is 0 Å². The Hall–Kier alpha value is -2.42. The smallest absolute Gasteiger partial charge is 0.241 e. The van der Waals surface area contributed by atoms with E-state index in [4.69, 9.17) is 0 Å². The predicted molar refractivity (Wildman–Crippen MR) is 133 cm³/mol. The van der Waals surface area contributed by atoms with Gasteiger partial charge in [-0.15, -0.1) is 0 Å². The van der Waals surface area contributed by atoms with Gasteiger partial charge in [0.15, 0.2) is 0 Å². The molecule has 1 amide bonds. The lowest BCUT2D eigenvalue weighted by Crippen LogP contribution is -2.54. The third-order valence-corrected chi connectivity index (χ3v) is 8.52. The standard InChI is InChI=1S/C27H22Br2N2O/c28-19-13-11-18(12-14-19)6-5-15-31-25(32)26(17-30)16-27(29)22-9-3-1-7-20(22)24(26)21-8-2-4-10-23(21)27/h1-4,7-14,24H,5-6,15-16H2,(H,31,32). The highest BCUT2D eigenvalue weighted by atomic mass is 79.9. The highest BCUT2D eigenvalue weighted by molar-refractivity contribution is 9.10. The first-order valence-electron chi connectivity index (χ1n) is 10.8. The SMILES string of the molecule is N#CC1(C(=O)NCCCc2ccc(Br)cc2)CC2(Br)c3ccccc3C1c1ccccc12. The maximum atomic E-state index is 13.6. The van der Waals surface area contributed by atoms with Crippen molar-refractivity contribution in [2.45, 2.75) is 29.5 Å². The van der Waals surface area contributed by atoms with Gasteiger partial charge < -0.3 is 5.32 Å². The van der Waals surface area contributed by atoms with Gasteiger partial charge in [0, 0.05) is 16.9 Å². The number of rotatable bonds is 5. The van der Waals surface area contributed by atoms with Crippen LogP contribution in [-0.4, -0.2) is 12.5 Å². The summed E-state index contributed by atoms with van der Waals surface area (Å²) < 4.78 is 0.515. The van der Waals surface area contributed by atoms with Crippen molar-refractivity contribution in [2.75, 3.05) is 6.54 Å². The number of benzene rings is 3. The minimum atomic E-state index is -1.15. The molecule has 0 fully saturated rings. The van der Waals surface area contributed by atoms with Gasteiger partial charge in [0.05, 0.1) is 10.4 Å². The molecule has 3 aromatic rings. The Morgan fingerprint density at radius 3 is 2.19 bits per heavy atom. The summed E-state index contributed by atoms with van der Waals surface area (Å²) in [5.74, 6) is -0.445. The zero-order valence-electron chi connectivity index (χ0n) is 17.4. The lowest BCUT2D eigenvalue weighted by molar-refractivity contribution is -0.130. The minimum absolute atomic E-state index is 0.173. The topological polar surface area (TPSA) is 52.9 Å². The van der Waals surface area contributed by atoms with Crippen LogP contribution in [-0.2, 0) is 15.5 Å². The van der Waals surface area contributed by atoms with Crippen LogP contribution in [0.25, 0.3) is 0 Å². The van der Waals surface area contributed by atoms with Crippen molar-refractivity contribution in [1.82, 2.24) is 5.32 Å².